The van der Waals surface area contributed by atoms with Crippen LogP contribution in [-0.2, 0) is 23.9 Å². The molecule has 0 saturated heterocycles. The van der Waals surface area contributed by atoms with E-state index in [0.717, 1.165) is 25.7 Å². The zero-order chi connectivity index (χ0) is 16.8. The van der Waals surface area contributed by atoms with Crippen molar-refractivity contribution in [3.63, 3.8) is 0 Å². The molecule has 6 nitrogen and oxygen atoms in total. The molecule has 0 bridgehead atoms. The van der Waals surface area contributed by atoms with Gasteiger partial charge in [-0.25, -0.2) is 0 Å². The summed E-state index contributed by atoms with van der Waals surface area (Å²) in [5.74, 6) is -0.933. The number of amides is 1. The van der Waals surface area contributed by atoms with E-state index in [-0.39, 0.29) is 38.0 Å². The van der Waals surface area contributed by atoms with E-state index in [0.29, 0.717) is 13.0 Å². The Labute approximate surface area is 133 Å². The molecule has 0 aromatic heterocycles. The van der Waals surface area contributed by atoms with Crippen molar-refractivity contribution in [2.24, 2.45) is 0 Å². The largest absolute Gasteiger partial charge is 0.466 e. The summed E-state index contributed by atoms with van der Waals surface area (Å²) in [6.45, 7) is 6.20. The van der Waals surface area contributed by atoms with Crippen LogP contribution in [0.2, 0.25) is 0 Å². The van der Waals surface area contributed by atoms with Crippen molar-refractivity contribution in [2.45, 2.75) is 59.3 Å². The SMILES string of the molecule is CCCCCCC(=O)N(CCC(=O)OCC)CC(=O)OCC. The standard InChI is InChI=1S/C16H29NO5/c1-4-7-8-9-10-14(18)17(13-16(20)22-6-3)12-11-15(19)21-5-2/h4-13H2,1-3H3. The maximum Gasteiger partial charge on any atom is 0.325 e. The highest BCUT2D eigenvalue weighted by molar-refractivity contribution is 5.82. The van der Waals surface area contributed by atoms with Crippen LogP contribution < -0.4 is 0 Å². The molecule has 0 aliphatic heterocycles. The molecule has 0 atom stereocenters. The highest BCUT2D eigenvalue weighted by Gasteiger charge is 2.18. The Bertz CT molecular complexity index is 343. The van der Waals surface area contributed by atoms with Gasteiger partial charge in [0.25, 0.3) is 0 Å². The quantitative estimate of drug-likeness (QED) is 0.408. The first-order valence-corrected chi connectivity index (χ1v) is 8.14. The highest BCUT2D eigenvalue weighted by Crippen LogP contribution is 2.06. The Kier molecular flexibility index (Phi) is 12.2. The van der Waals surface area contributed by atoms with Crippen LogP contribution in [0.4, 0.5) is 0 Å². The number of carbonyl (C=O) groups excluding carboxylic acids is 3. The smallest absolute Gasteiger partial charge is 0.325 e. The molecule has 0 unspecified atom stereocenters. The number of hydrogen-bond donors (Lipinski definition) is 0. The molecule has 0 rings (SSSR count). The van der Waals surface area contributed by atoms with Crippen molar-refractivity contribution in [1.29, 1.82) is 0 Å². The van der Waals surface area contributed by atoms with Gasteiger partial charge >= 0.3 is 11.9 Å². The Morgan fingerprint density at radius 2 is 1.45 bits per heavy atom. The van der Waals surface area contributed by atoms with Gasteiger partial charge in [0.05, 0.1) is 19.6 Å². The van der Waals surface area contributed by atoms with Crippen LogP contribution in [0.5, 0.6) is 0 Å². The Morgan fingerprint density at radius 3 is 2.05 bits per heavy atom. The number of unbranched alkanes of at least 4 members (excludes halogenated alkanes) is 3. The molecule has 0 heterocycles. The Balaban J connectivity index is 4.39. The van der Waals surface area contributed by atoms with Gasteiger partial charge in [-0.3, -0.25) is 14.4 Å². The summed E-state index contributed by atoms with van der Waals surface area (Å²) in [6, 6.07) is 0. The number of nitrogens with zero attached hydrogens (tertiary/aromatic N) is 1. The topological polar surface area (TPSA) is 72.9 Å². The molecule has 0 aliphatic carbocycles. The van der Waals surface area contributed by atoms with Gasteiger partial charge in [-0.2, -0.15) is 0 Å². The van der Waals surface area contributed by atoms with Gasteiger partial charge in [0, 0.05) is 13.0 Å². The molecular weight excluding hydrogens is 286 g/mol. The second-order valence-corrected chi connectivity index (χ2v) is 4.99. The summed E-state index contributed by atoms with van der Waals surface area (Å²) in [6.07, 6.45) is 4.46. The minimum atomic E-state index is -0.451. The lowest BCUT2D eigenvalue weighted by molar-refractivity contribution is -0.150. The molecule has 0 radical (unpaired) electrons. The maximum absolute atomic E-state index is 12.2. The molecule has 0 fully saturated rings. The number of carbonyl (C=O) groups is 3. The second kappa shape index (κ2) is 13.1. The molecule has 22 heavy (non-hydrogen) atoms. The maximum atomic E-state index is 12.2. The van der Waals surface area contributed by atoms with E-state index in [1.165, 1.54) is 4.90 Å². The average molecular weight is 315 g/mol. The average Bonchev–Trinajstić information content (AvgIpc) is 2.48. The van der Waals surface area contributed by atoms with E-state index < -0.39 is 5.97 Å². The van der Waals surface area contributed by atoms with Crippen LogP contribution in [0.15, 0.2) is 0 Å². The van der Waals surface area contributed by atoms with E-state index in [1.807, 2.05) is 0 Å². The minimum absolute atomic E-state index is 0.0912. The predicted molar refractivity (Wildman–Crippen MR) is 83.2 cm³/mol. The number of hydrogen-bond acceptors (Lipinski definition) is 5. The highest BCUT2D eigenvalue weighted by atomic mass is 16.5. The van der Waals surface area contributed by atoms with Crippen LogP contribution in [0.25, 0.3) is 0 Å². The van der Waals surface area contributed by atoms with E-state index in [2.05, 4.69) is 6.92 Å². The Hall–Kier alpha value is -1.59. The molecule has 0 N–H and O–H groups in total. The molecule has 0 aliphatic rings. The van der Waals surface area contributed by atoms with Crippen molar-refractivity contribution < 1.29 is 23.9 Å². The van der Waals surface area contributed by atoms with Gasteiger partial charge < -0.3 is 14.4 Å². The van der Waals surface area contributed by atoms with Gasteiger partial charge in [-0.1, -0.05) is 26.2 Å². The van der Waals surface area contributed by atoms with Gasteiger partial charge in [-0.15, -0.1) is 0 Å². The van der Waals surface area contributed by atoms with Crippen LogP contribution in [0.3, 0.4) is 0 Å². The summed E-state index contributed by atoms with van der Waals surface area (Å²) in [7, 11) is 0. The van der Waals surface area contributed by atoms with E-state index >= 15 is 0 Å². The van der Waals surface area contributed by atoms with Gasteiger partial charge in [-0.05, 0) is 20.3 Å². The van der Waals surface area contributed by atoms with Crippen molar-refractivity contribution in [3.05, 3.63) is 0 Å². The molecular formula is C16H29NO5. The lowest BCUT2D eigenvalue weighted by Crippen LogP contribution is -2.38. The summed E-state index contributed by atoms with van der Waals surface area (Å²) >= 11 is 0. The minimum Gasteiger partial charge on any atom is -0.466 e. The molecule has 0 saturated carbocycles. The fraction of sp³-hybridized carbons (Fsp3) is 0.812. The van der Waals surface area contributed by atoms with Crippen LogP contribution in [-0.4, -0.2) is 49.0 Å². The third kappa shape index (κ3) is 10.2. The fourth-order valence-electron chi connectivity index (χ4n) is 1.97. The van der Waals surface area contributed by atoms with E-state index in [4.69, 9.17) is 9.47 Å². The zero-order valence-electron chi connectivity index (χ0n) is 14.1. The van der Waals surface area contributed by atoms with Crippen molar-refractivity contribution >= 4 is 17.8 Å². The monoisotopic (exact) mass is 315 g/mol. The van der Waals surface area contributed by atoms with Crippen LogP contribution >= 0.6 is 0 Å². The van der Waals surface area contributed by atoms with E-state index in [1.54, 1.807) is 13.8 Å². The summed E-state index contributed by atoms with van der Waals surface area (Å²) in [5, 5.41) is 0. The second-order valence-electron chi connectivity index (χ2n) is 4.99. The first kappa shape index (κ1) is 20.4. The van der Waals surface area contributed by atoms with Crippen LogP contribution in [0.1, 0.15) is 59.3 Å². The molecule has 128 valence electrons. The van der Waals surface area contributed by atoms with E-state index in [9.17, 15) is 14.4 Å². The van der Waals surface area contributed by atoms with Gasteiger partial charge in [0.15, 0.2) is 0 Å². The predicted octanol–water partition coefficient (Wildman–Crippen LogP) is 2.30. The molecule has 0 aromatic carbocycles. The zero-order valence-corrected chi connectivity index (χ0v) is 14.1. The van der Waals surface area contributed by atoms with Gasteiger partial charge in [0.2, 0.25) is 5.91 Å². The molecule has 0 aromatic rings. The van der Waals surface area contributed by atoms with Crippen molar-refractivity contribution in [2.75, 3.05) is 26.3 Å². The normalized spacial score (nSPS) is 10.1. The number of rotatable bonds is 12. The first-order chi connectivity index (χ1) is 10.5. The van der Waals surface area contributed by atoms with Crippen LogP contribution in [0, 0.1) is 0 Å². The Morgan fingerprint density at radius 1 is 0.818 bits per heavy atom. The lowest BCUT2D eigenvalue weighted by Gasteiger charge is -2.21. The first-order valence-electron chi connectivity index (χ1n) is 8.14. The van der Waals surface area contributed by atoms with Crippen molar-refractivity contribution in [1.82, 2.24) is 4.90 Å². The lowest BCUT2D eigenvalue weighted by atomic mass is 10.1. The third-order valence-electron chi connectivity index (χ3n) is 3.11. The summed E-state index contributed by atoms with van der Waals surface area (Å²) in [4.78, 5) is 36.5. The molecule has 1 amide bonds. The summed E-state index contributed by atoms with van der Waals surface area (Å²) in [5.41, 5.74) is 0. The molecule has 0 spiro atoms. The van der Waals surface area contributed by atoms with Gasteiger partial charge in [0.1, 0.15) is 6.54 Å². The number of esters is 2. The fourth-order valence-corrected chi connectivity index (χ4v) is 1.97. The van der Waals surface area contributed by atoms with Crippen molar-refractivity contribution in [3.8, 4) is 0 Å². The molecule has 6 heteroatoms. The third-order valence-corrected chi connectivity index (χ3v) is 3.11. The number of ether oxygens (including phenoxy) is 2. The summed E-state index contributed by atoms with van der Waals surface area (Å²) < 4.78 is 9.72.